The number of carbonyl (C=O) groups is 1. The minimum atomic E-state index is -0.689. The van der Waals surface area contributed by atoms with Crippen molar-refractivity contribution in [3.8, 4) is 10.9 Å². The van der Waals surface area contributed by atoms with Crippen molar-refractivity contribution in [3.05, 3.63) is 83.9 Å². The summed E-state index contributed by atoms with van der Waals surface area (Å²) in [5.41, 5.74) is 4.54. The fraction of sp³-hybridized carbons (Fsp3) is 0.286. The molecule has 1 fully saturated rings. The smallest absolute Gasteiger partial charge is 0.308 e. The molecule has 0 spiro atoms. The van der Waals surface area contributed by atoms with Crippen LogP contribution in [0.15, 0.2) is 72.8 Å². The average Bonchev–Trinajstić information content (AvgIpc) is 3.30. The Morgan fingerprint density at radius 2 is 1.83 bits per heavy atom. The number of carboxylic acids is 1. The topological polar surface area (TPSA) is 74.7 Å². The van der Waals surface area contributed by atoms with Crippen molar-refractivity contribution in [2.75, 3.05) is 24.5 Å². The number of nitrogens with one attached hydrogen (secondary N) is 1. The molecule has 3 aromatic carbocycles. The Morgan fingerprint density at radius 1 is 1.06 bits per heavy atom. The molecule has 1 unspecified atom stereocenters. The first kappa shape index (κ1) is 23.3. The van der Waals surface area contributed by atoms with Crippen LogP contribution in [0.4, 0.5) is 5.69 Å². The normalized spacial score (nSPS) is 15.9. The van der Waals surface area contributed by atoms with Crippen molar-refractivity contribution in [1.29, 1.82) is 0 Å². The molecule has 2 heterocycles. The van der Waals surface area contributed by atoms with Gasteiger partial charge in [-0.3, -0.25) is 4.79 Å². The number of anilines is 1. The molecule has 1 atom stereocenters. The summed E-state index contributed by atoms with van der Waals surface area (Å²) in [6.45, 7) is 3.20. The third kappa shape index (κ3) is 5.99. The SMILES string of the molecule is O=C(O)C1CCCN(c2ccc(CNCCc3ccc(Oc4nc5ccccc5s4)cc3)cc2)C1. The van der Waals surface area contributed by atoms with Crippen LogP contribution in [-0.4, -0.2) is 35.7 Å². The van der Waals surface area contributed by atoms with E-state index in [0.29, 0.717) is 11.7 Å². The summed E-state index contributed by atoms with van der Waals surface area (Å²) in [6, 6.07) is 24.7. The number of nitrogens with zero attached hydrogens (tertiary/aromatic N) is 2. The summed E-state index contributed by atoms with van der Waals surface area (Å²) in [5.74, 6) is -0.159. The van der Waals surface area contributed by atoms with E-state index in [4.69, 9.17) is 4.74 Å². The van der Waals surface area contributed by atoms with E-state index < -0.39 is 5.97 Å². The Morgan fingerprint density at radius 3 is 2.60 bits per heavy atom. The summed E-state index contributed by atoms with van der Waals surface area (Å²) in [7, 11) is 0. The number of hydrogen-bond donors (Lipinski definition) is 2. The molecule has 180 valence electrons. The largest absolute Gasteiger partial charge is 0.481 e. The van der Waals surface area contributed by atoms with Gasteiger partial charge in [0.15, 0.2) is 0 Å². The summed E-state index contributed by atoms with van der Waals surface area (Å²) in [4.78, 5) is 18.0. The Labute approximate surface area is 209 Å². The zero-order valence-electron chi connectivity index (χ0n) is 19.5. The first-order chi connectivity index (χ1) is 17.1. The fourth-order valence-corrected chi connectivity index (χ4v) is 5.26. The molecule has 35 heavy (non-hydrogen) atoms. The zero-order valence-corrected chi connectivity index (χ0v) is 20.3. The molecule has 1 aliphatic heterocycles. The quantitative estimate of drug-likeness (QED) is 0.294. The maximum Gasteiger partial charge on any atom is 0.308 e. The summed E-state index contributed by atoms with van der Waals surface area (Å²) >= 11 is 1.55. The van der Waals surface area contributed by atoms with Gasteiger partial charge in [0.1, 0.15) is 5.75 Å². The van der Waals surface area contributed by atoms with E-state index in [1.54, 1.807) is 11.3 Å². The highest BCUT2D eigenvalue weighted by Gasteiger charge is 2.25. The van der Waals surface area contributed by atoms with E-state index in [0.717, 1.165) is 60.6 Å². The number of fused-ring (bicyclic) bond motifs is 1. The van der Waals surface area contributed by atoms with Crippen LogP contribution in [0.25, 0.3) is 10.2 Å². The average molecular weight is 488 g/mol. The number of aromatic nitrogens is 1. The number of rotatable bonds is 9. The highest BCUT2D eigenvalue weighted by atomic mass is 32.1. The number of benzene rings is 3. The van der Waals surface area contributed by atoms with Gasteiger partial charge in [-0.05, 0) is 73.3 Å². The second-order valence-electron chi connectivity index (χ2n) is 8.91. The van der Waals surface area contributed by atoms with Crippen molar-refractivity contribution < 1.29 is 14.6 Å². The van der Waals surface area contributed by atoms with Gasteiger partial charge in [0.05, 0.1) is 16.1 Å². The van der Waals surface area contributed by atoms with Crippen LogP contribution in [0.2, 0.25) is 0 Å². The van der Waals surface area contributed by atoms with Crippen LogP contribution < -0.4 is 15.0 Å². The first-order valence-corrected chi connectivity index (χ1v) is 12.9. The van der Waals surface area contributed by atoms with Crippen molar-refractivity contribution in [3.63, 3.8) is 0 Å². The maximum atomic E-state index is 11.3. The number of aliphatic carboxylic acids is 1. The molecule has 0 radical (unpaired) electrons. The summed E-state index contributed by atoms with van der Waals surface area (Å²) < 4.78 is 7.06. The van der Waals surface area contributed by atoms with Crippen LogP contribution in [0.3, 0.4) is 0 Å². The number of carboxylic acid groups (broad SMARTS) is 1. The molecule has 0 aliphatic carbocycles. The first-order valence-electron chi connectivity index (χ1n) is 12.0. The van der Waals surface area contributed by atoms with Crippen molar-refractivity contribution in [1.82, 2.24) is 10.3 Å². The number of hydrogen-bond acceptors (Lipinski definition) is 6. The Balaban J connectivity index is 1.06. The van der Waals surface area contributed by atoms with Gasteiger partial charge in [0, 0.05) is 25.3 Å². The molecular formula is C28H29N3O3S. The van der Waals surface area contributed by atoms with Gasteiger partial charge in [-0.1, -0.05) is 47.7 Å². The van der Waals surface area contributed by atoms with Gasteiger partial charge in [-0.25, -0.2) is 4.98 Å². The van der Waals surface area contributed by atoms with E-state index in [-0.39, 0.29) is 5.92 Å². The molecule has 0 bridgehead atoms. The third-order valence-corrected chi connectivity index (χ3v) is 7.31. The molecule has 5 rings (SSSR count). The van der Waals surface area contributed by atoms with Crippen LogP contribution in [-0.2, 0) is 17.8 Å². The molecule has 4 aromatic rings. The van der Waals surface area contributed by atoms with Crippen molar-refractivity contribution in [2.24, 2.45) is 5.92 Å². The second kappa shape index (κ2) is 10.9. The van der Waals surface area contributed by atoms with E-state index in [9.17, 15) is 9.90 Å². The Bertz CT molecular complexity index is 1240. The van der Waals surface area contributed by atoms with Gasteiger partial charge >= 0.3 is 5.97 Å². The Hall–Kier alpha value is -3.42. The predicted octanol–water partition coefficient (Wildman–Crippen LogP) is 5.72. The van der Waals surface area contributed by atoms with Gasteiger partial charge in [-0.2, -0.15) is 0 Å². The highest BCUT2D eigenvalue weighted by Crippen LogP contribution is 2.31. The highest BCUT2D eigenvalue weighted by molar-refractivity contribution is 7.20. The monoisotopic (exact) mass is 487 g/mol. The van der Waals surface area contributed by atoms with Gasteiger partial charge in [-0.15, -0.1) is 0 Å². The zero-order chi connectivity index (χ0) is 24.0. The van der Waals surface area contributed by atoms with Crippen molar-refractivity contribution >= 4 is 33.2 Å². The van der Waals surface area contributed by atoms with Crippen LogP contribution in [0.5, 0.6) is 10.9 Å². The molecule has 7 heteroatoms. The van der Waals surface area contributed by atoms with Gasteiger partial charge < -0.3 is 20.1 Å². The molecular weight excluding hydrogens is 458 g/mol. The van der Waals surface area contributed by atoms with Crippen LogP contribution >= 0.6 is 11.3 Å². The molecule has 2 N–H and O–H groups in total. The number of piperidine rings is 1. The third-order valence-electron chi connectivity index (χ3n) is 6.39. The summed E-state index contributed by atoms with van der Waals surface area (Å²) in [5, 5.41) is 13.5. The number of para-hydroxylation sites is 1. The van der Waals surface area contributed by atoms with E-state index >= 15 is 0 Å². The molecule has 1 aliphatic rings. The number of thiazole rings is 1. The maximum absolute atomic E-state index is 11.3. The molecule has 1 aromatic heterocycles. The Kier molecular flexibility index (Phi) is 7.25. The summed E-state index contributed by atoms with van der Waals surface area (Å²) in [6.07, 6.45) is 2.63. The van der Waals surface area contributed by atoms with E-state index in [1.165, 1.54) is 11.1 Å². The van der Waals surface area contributed by atoms with Gasteiger partial charge in [0.2, 0.25) is 0 Å². The van der Waals surface area contributed by atoms with Gasteiger partial charge in [0.25, 0.3) is 5.19 Å². The molecule has 0 amide bonds. The second-order valence-corrected chi connectivity index (χ2v) is 9.90. The standard InChI is InChI=1S/C28H29N3O3S/c32-27(33)22-4-3-17-31(19-22)23-11-7-21(8-12-23)18-29-16-15-20-9-13-24(14-10-20)34-28-30-25-5-1-2-6-26(25)35-28/h1-2,5-14,22,29H,3-4,15-19H2,(H,32,33). The molecule has 6 nitrogen and oxygen atoms in total. The van der Waals surface area contributed by atoms with Crippen LogP contribution in [0, 0.1) is 5.92 Å². The van der Waals surface area contributed by atoms with Crippen LogP contribution in [0.1, 0.15) is 24.0 Å². The lowest BCUT2D eigenvalue weighted by molar-refractivity contribution is -0.141. The lowest BCUT2D eigenvalue weighted by Crippen LogP contribution is -2.38. The molecule has 0 saturated carbocycles. The molecule has 1 saturated heterocycles. The lowest BCUT2D eigenvalue weighted by Gasteiger charge is -2.32. The lowest BCUT2D eigenvalue weighted by atomic mass is 9.97. The fourth-order valence-electron chi connectivity index (χ4n) is 4.42. The van der Waals surface area contributed by atoms with Crippen molar-refractivity contribution in [2.45, 2.75) is 25.8 Å². The predicted molar refractivity (Wildman–Crippen MR) is 141 cm³/mol. The van der Waals surface area contributed by atoms with E-state index in [2.05, 4.69) is 57.7 Å². The minimum absolute atomic E-state index is 0.266. The van der Waals surface area contributed by atoms with E-state index in [1.807, 2.05) is 30.3 Å². The minimum Gasteiger partial charge on any atom is -0.481 e. The number of ether oxygens (including phenoxy) is 1.